The van der Waals surface area contributed by atoms with Gasteiger partial charge in [-0.3, -0.25) is 0 Å². The molecule has 0 bridgehead atoms. The predicted molar refractivity (Wildman–Crippen MR) is 85.2 cm³/mol. The summed E-state index contributed by atoms with van der Waals surface area (Å²) in [6.07, 6.45) is 2.22. The van der Waals surface area contributed by atoms with Gasteiger partial charge >= 0.3 is 0 Å². The number of ether oxygens (including phenoxy) is 1. The molecule has 0 fully saturated rings. The molecule has 0 aromatic heterocycles. The lowest BCUT2D eigenvalue weighted by molar-refractivity contribution is 0.308. The molecule has 2 nitrogen and oxygen atoms in total. The minimum atomic E-state index is 0.765. The second-order valence-electron chi connectivity index (χ2n) is 4.84. The highest BCUT2D eigenvalue weighted by Gasteiger charge is 1.98. The van der Waals surface area contributed by atoms with Crippen LogP contribution in [0.2, 0.25) is 0 Å². The maximum absolute atomic E-state index is 5.74. The monoisotopic (exact) mass is 269 g/mol. The summed E-state index contributed by atoms with van der Waals surface area (Å²) in [6.45, 7) is 5.06. The third kappa shape index (κ3) is 4.71. The summed E-state index contributed by atoms with van der Waals surface area (Å²) in [5.41, 5.74) is 2.46. The zero-order chi connectivity index (χ0) is 14.0. The van der Waals surface area contributed by atoms with Crippen LogP contribution in [-0.2, 0) is 0 Å². The van der Waals surface area contributed by atoms with Gasteiger partial charge in [-0.15, -0.1) is 0 Å². The molecular weight excluding hydrogens is 246 g/mol. The van der Waals surface area contributed by atoms with Crippen molar-refractivity contribution in [2.24, 2.45) is 0 Å². The van der Waals surface area contributed by atoms with E-state index < -0.39 is 0 Å². The number of rotatable bonds is 8. The van der Waals surface area contributed by atoms with Gasteiger partial charge in [-0.25, -0.2) is 0 Å². The molecule has 0 saturated carbocycles. The minimum Gasteiger partial charge on any atom is -0.494 e. The highest BCUT2D eigenvalue weighted by molar-refractivity contribution is 5.63. The fraction of sp³-hybridized carbons (Fsp3) is 0.333. The van der Waals surface area contributed by atoms with Crippen LogP contribution in [0.15, 0.2) is 54.6 Å². The van der Waals surface area contributed by atoms with Gasteiger partial charge in [-0.05, 0) is 49.2 Å². The van der Waals surface area contributed by atoms with Crippen LogP contribution in [-0.4, -0.2) is 19.7 Å². The molecule has 20 heavy (non-hydrogen) atoms. The Morgan fingerprint density at radius 1 is 0.850 bits per heavy atom. The van der Waals surface area contributed by atoms with Crippen LogP contribution < -0.4 is 10.1 Å². The van der Waals surface area contributed by atoms with Crippen LogP contribution >= 0.6 is 0 Å². The summed E-state index contributed by atoms with van der Waals surface area (Å²) >= 11 is 0. The summed E-state index contributed by atoms with van der Waals surface area (Å²) in [7, 11) is 0. The standard InChI is InChI=1S/C18H23NO/c1-2-13-19-14-6-15-20-18-11-9-17(10-12-18)16-7-4-3-5-8-16/h3-5,7-12,19H,2,6,13-15H2,1H3. The molecule has 0 aliphatic rings. The smallest absolute Gasteiger partial charge is 0.119 e. The van der Waals surface area contributed by atoms with E-state index in [0.29, 0.717) is 0 Å². The number of hydrogen-bond acceptors (Lipinski definition) is 2. The molecule has 2 aromatic carbocycles. The van der Waals surface area contributed by atoms with E-state index in [2.05, 4.69) is 48.6 Å². The zero-order valence-corrected chi connectivity index (χ0v) is 12.1. The van der Waals surface area contributed by atoms with Crippen molar-refractivity contribution in [3.8, 4) is 16.9 Å². The first-order valence-corrected chi connectivity index (χ1v) is 7.39. The molecule has 0 aliphatic carbocycles. The molecule has 106 valence electrons. The largest absolute Gasteiger partial charge is 0.494 e. The van der Waals surface area contributed by atoms with E-state index in [9.17, 15) is 0 Å². The predicted octanol–water partition coefficient (Wildman–Crippen LogP) is 4.12. The SMILES string of the molecule is CCCNCCCOc1ccc(-c2ccccc2)cc1. The van der Waals surface area contributed by atoms with Gasteiger partial charge in [-0.1, -0.05) is 49.4 Å². The summed E-state index contributed by atoms with van der Waals surface area (Å²) in [5.74, 6) is 0.945. The van der Waals surface area contributed by atoms with Crippen molar-refractivity contribution < 1.29 is 4.74 Å². The van der Waals surface area contributed by atoms with Crippen molar-refractivity contribution >= 4 is 0 Å². The van der Waals surface area contributed by atoms with Crippen LogP contribution in [0.1, 0.15) is 19.8 Å². The maximum atomic E-state index is 5.74. The Kier molecular flexibility index (Phi) is 6.12. The number of nitrogens with one attached hydrogen (secondary N) is 1. The Morgan fingerprint density at radius 2 is 1.55 bits per heavy atom. The molecule has 0 heterocycles. The van der Waals surface area contributed by atoms with E-state index in [1.807, 2.05) is 18.2 Å². The first-order valence-electron chi connectivity index (χ1n) is 7.39. The van der Waals surface area contributed by atoms with Gasteiger partial charge in [0.25, 0.3) is 0 Å². The van der Waals surface area contributed by atoms with Gasteiger partial charge in [0.1, 0.15) is 5.75 Å². The molecule has 0 amide bonds. The molecule has 0 aliphatic heterocycles. The fourth-order valence-corrected chi connectivity index (χ4v) is 2.06. The topological polar surface area (TPSA) is 21.3 Å². The molecule has 0 saturated heterocycles. The average molecular weight is 269 g/mol. The van der Waals surface area contributed by atoms with Crippen molar-refractivity contribution in [3.05, 3.63) is 54.6 Å². The molecule has 2 heteroatoms. The Hall–Kier alpha value is -1.80. The lowest BCUT2D eigenvalue weighted by atomic mass is 10.1. The van der Waals surface area contributed by atoms with Crippen LogP contribution in [0.5, 0.6) is 5.75 Å². The second-order valence-corrected chi connectivity index (χ2v) is 4.84. The molecule has 2 rings (SSSR count). The summed E-state index contributed by atoms with van der Waals surface area (Å²) in [6, 6.07) is 18.7. The van der Waals surface area contributed by atoms with Gasteiger partial charge in [-0.2, -0.15) is 0 Å². The summed E-state index contributed by atoms with van der Waals surface area (Å²) < 4.78 is 5.74. The highest BCUT2D eigenvalue weighted by Crippen LogP contribution is 2.21. The second kappa shape index (κ2) is 8.39. The molecule has 0 unspecified atom stereocenters. The summed E-state index contributed by atoms with van der Waals surface area (Å²) in [4.78, 5) is 0. The molecule has 0 spiro atoms. The molecular formula is C18H23NO. The van der Waals surface area contributed by atoms with Gasteiger partial charge < -0.3 is 10.1 Å². The minimum absolute atomic E-state index is 0.765. The zero-order valence-electron chi connectivity index (χ0n) is 12.1. The lowest BCUT2D eigenvalue weighted by Crippen LogP contribution is -2.17. The third-order valence-electron chi connectivity index (χ3n) is 3.15. The molecule has 1 N–H and O–H groups in total. The summed E-state index contributed by atoms with van der Waals surface area (Å²) in [5, 5.41) is 3.37. The van der Waals surface area contributed by atoms with Crippen molar-refractivity contribution in [1.82, 2.24) is 5.32 Å². The Labute approximate surface area is 121 Å². The maximum Gasteiger partial charge on any atom is 0.119 e. The van der Waals surface area contributed by atoms with Gasteiger partial charge in [0.2, 0.25) is 0 Å². The third-order valence-corrected chi connectivity index (χ3v) is 3.15. The molecule has 2 aromatic rings. The Bertz CT molecular complexity index is 479. The Balaban J connectivity index is 1.77. The fourth-order valence-electron chi connectivity index (χ4n) is 2.06. The number of benzene rings is 2. The van der Waals surface area contributed by atoms with Crippen molar-refractivity contribution in [1.29, 1.82) is 0 Å². The lowest BCUT2D eigenvalue weighted by Gasteiger charge is -2.08. The van der Waals surface area contributed by atoms with E-state index in [1.54, 1.807) is 0 Å². The van der Waals surface area contributed by atoms with Crippen molar-refractivity contribution in [3.63, 3.8) is 0 Å². The first-order chi connectivity index (χ1) is 9.90. The van der Waals surface area contributed by atoms with Gasteiger partial charge in [0.15, 0.2) is 0 Å². The van der Waals surface area contributed by atoms with Crippen LogP contribution in [0, 0.1) is 0 Å². The van der Waals surface area contributed by atoms with E-state index in [4.69, 9.17) is 4.74 Å². The molecule has 0 atom stereocenters. The van der Waals surface area contributed by atoms with Gasteiger partial charge in [0.05, 0.1) is 6.61 Å². The molecule has 0 radical (unpaired) electrons. The van der Waals surface area contributed by atoms with E-state index >= 15 is 0 Å². The van der Waals surface area contributed by atoms with Gasteiger partial charge in [0, 0.05) is 0 Å². The Morgan fingerprint density at radius 3 is 2.25 bits per heavy atom. The van der Waals surface area contributed by atoms with Crippen molar-refractivity contribution in [2.45, 2.75) is 19.8 Å². The van der Waals surface area contributed by atoms with Crippen molar-refractivity contribution in [2.75, 3.05) is 19.7 Å². The van der Waals surface area contributed by atoms with E-state index in [0.717, 1.165) is 31.9 Å². The van der Waals surface area contributed by atoms with Crippen LogP contribution in [0.3, 0.4) is 0 Å². The average Bonchev–Trinajstić information content (AvgIpc) is 2.52. The van der Waals surface area contributed by atoms with E-state index in [-0.39, 0.29) is 0 Å². The van der Waals surface area contributed by atoms with E-state index in [1.165, 1.54) is 17.5 Å². The first kappa shape index (κ1) is 14.6. The normalized spacial score (nSPS) is 10.4. The number of hydrogen-bond donors (Lipinski definition) is 1. The highest BCUT2D eigenvalue weighted by atomic mass is 16.5. The van der Waals surface area contributed by atoms with Crippen LogP contribution in [0.4, 0.5) is 0 Å². The van der Waals surface area contributed by atoms with Crippen LogP contribution in [0.25, 0.3) is 11.1 Å². The quantitative estimate of drug-likeness (QED) is 0.728.